The molecule has 0 aliphatic heterocycles. The first-order valence-corrected chi connectivity index (χ1v) is 9.90. The van der Waals surface area contributed by atoms with Crippen LogP contribution in [-0.2, 0) is 11.3 Å². The van der Waals surface area contributed by atoms with Crippen molar-refractivity contribution in [2.75, 3.05) is 18.7 Å². The van der Waals surface area contributed by atoms with Gasteiger partial charge < -0.3 is 15.5 Å². The molecule has 26 heavy (non-hydrogen) atoms. The van der Waals surface area contributed by atoms with Crippen molar-refractivity contribution in [2.24, 2.45) is 0 Å². The molecule has 0 unspecified atom stereocenters. The van der Waals surface area contributed by atoms with Gasteiger partial charge in [-0.3, -0.25) is 4.79 Å². The highest BCUT2D eigenvalue weighted by molar-refractivity contribution is 7.99. The molecule has 2 aliphatic rings. The normalized spacial score (nSPS) is 16.5. The van der Waals surface area contributed by atoms with Gasteiger partial charge in [-0.2, -0.15) is 0 Å². The van der Waals surface area contributed by atoms with Crippen molar-refractivity contribution in [2.45, 2.75) is 49.3 Å². The van der Waals surface area contributed by atoms with Gasteiger partial charge in [0.15, 0.2) is 5.82 Å². The van der Waals surface area contributed by atoms with Crippen LogP contribution < -0.4 is 10.6 Å². The first-order valence-electron chi connectivity index (χ1n) is 8.91. The van der Waals surface area contributed by atoms with Crippen LogP contribution in [0.3, 0.4) is 0 Å². The fraction of sp³-hybridized carbons (Fsp3) is 0.500. The maximum Gasteiger partial charge on any atom is 0.233 e. The van der Waals surface area contributed by atoms with E-state index in [-0.39, 0.29) is 5.91 Å². The van der Waals surface area contributed by atoms with Gasteiger partial charge in [0.2, 0.25) is 11.1 Å². The molecule has 2 N–H and O–H groups in total. The maximum absolute atomic E-state index is 12.8. The minimum atomic E-state index is 0.115. The molecule has 2 aromatic rings. The van der Waals surface area contributed by atoms with Crippen LogP contribution in [0.4, 0.5) is 0 Å². The van der Waals surface area contributed by atoms with Gasteiger partial charge in [0.1, 0.15) is 5.75 Å². The van der Waals surface area contributed by atoms with Crippen molar-refractivity contribution in [3.05, 3.63) is 35.7 Å². The van der Waals surface area contributed by atoms with Gasteiger partial charge in [-0.25, -0.2) is 4.68 Å². The Morgan fingerprint density at radius 3 is 2.62 bits per heavy atom. The van der Waals surface area contributed by atoms with Crippen LogP contribution in [0.25, 0.3) is 0 Å². The van der Waals surface area contributed by atoms with E-state index in [1.165, 1.54) is 11.8 Å². The topological polar surface area (TPSA) is 86.3 Å². The van der Waals surface area contributed by atoms with Gasteiger partial charge in [0.05, 0.1) is 12.9 Å². The van der Waals surface area contributed by atoms with Gasteiger partial charge in [-0.15, -0.1) is 10.2 Å². The molecule has 2 saturated carbocycles. The van der Waals surface area contributed by atoms with Crippen LogP contribution in [-0.4, -0.2) is 44.6 Å². The predicted molar refractivity (Wildman–Crippen MR) is 99.4 cm³/mol. The van der Waals surface area contributed by atoms with E-state index < -0.39 is 0 Å². The molecule has 4 rings (SSSR count). The second-order valence-corrected chi connectivity index (χ2v) is 7.82. The van der Waals surface area contributed by atoms with Crippen LogP contribution in [0.15, 0.2) is 29.4 Å². The monoisotopic (exact) mass is 373 g/mol. The minimum Gasteiger partial charge on any atom is -0.497 e. The smallest absolute Gasteiger partial charge is 0.233 e. The zero-order chi connectivity index (χ0) is 18.1. The third-order valence-electron chi connectivity index (χ3n) is 4.78. The molecule has 8 heteroatoms. The molecule has 1 heterocycles. The fourth-order valence-corrected chi connectivity index (χ4v) is 3.70. The zero-order valence-corrected chi connectivity index (χ0v) is 15.6. The summed E-state index contributed by atoms with van der Waals surface area (Å²) in [6, 6.07) is 8.22. The van der Waals surface area contributed by atoms with Gasteiger partial charge in [0.25, 0.3) is 0 Å². The molecule has 0 spiro atoms. The summed E-state index contributed by atoms with van der Waals surface area (Å²) in [5.74, 6) is 8.60. The first-order chi connectivity index (χ1) is 12.7. The van der Waals surface area contributed by atoms with Crippen LogP contribution in [0.1, 0.15) is 43.0 Å². The van der Waals surface area contributed by atoms with E-state index in [1.54, 1.807) is 11.8 Å². The summed E-state index contributed by atoms with van der Waals surface area (Å²) in [5, 5.41) is 8.91. The molecule has 1 amide bonds. The lowest BCUT2D eigenvalue weighted by atomic mass is 10.2. The Bertz CT molecular complexity index is 783. The van der Waals surface area contributed by atoms with Crippen molar-refractivity contribution < 1.29 is 9.53 Å². The molecular weight excluding hydrogens is 350 g/mol. The zero-order valence-electron chi connectivity index (χ0n) is 14.8. The summed E-state index contributed by atoms with van der Waals surface area (Å²) in [4.78, 5) is 14.7. The molecule has 138 valence electrons. The highest BCUT2D eigenvalue weighted by atomic mass is 32.2. The Labute approximate surface area is 156 Å². The molecule has 2 aliphatic carbocycles. The first kappa shape index (κ1) is 17.2. The van der Waals surface area contributed by atoms with Gasteiger partial charge >= 0.3 is 0 Å². The van der Waals surface area contributed by atoms with Crippen molar-refractivity contribution in [3.63, 3.8) is 0 Å². The molecular formula is C18H23N5O2S. The molecule has 0 radical (unpaired) electrons. The van der Waals surface area contributed by atoms with Crippen molar-refractivity contribution >= 4 is 17.7 Å². The van der Waals surface area contributed by atoms with Crippen LogP contribution >= 0.6 is 11.8 Å². The molecule has 0 bridgehead atoms. The number of carbonyl (C=O) groups is 1. The second-order valence-electron chi connectivity index (χ2n) is 6.87. The summed E-state index contributed by atoms with van der Waals surface area (Å²) in [5.41, 5.74) is 1.11. The van der Waals surface area contributed by atoms with Crippen molar-refractivity contribution in [3.8, 4) is 5.75 Å². The number of nitrogen functional groups attached to an aromatic ring is 1. The van der Waals surface area contributed by atoms with E-state index in [1.807, 2.05) is 29.2 Å². The highest BCUT2D eigenvalue weighted by Gasteiger charge is 2.33. The summed E-state index contributed by atoms with van der Waals surface area (Å²) in [7, 11) is 1.65. The average molecular weight is 373 g/mol. The highest BCUT2D eigenvalue weighted by Crippen LogP contribution is 2.39. The number of nitrogens with two attached hydrogens (primary N) is 1. The Morgan fingerprint density at radius 1 is 1.27 bits per heavy atom. The summed E-state index contributed by atoms with van der Waals surface area (Å²) in [6.45, 7) is 0.622. The molecule has 0 saturated heterocycles. The number of methoxy groups -OCH3 is 1. The van der Waals surface area contributed by atoms with E-state index in [0.717, 1.165) is 42.8 Å². The molecule has 1 aromatic heterocycles. The third-order valence-corrected chi connectivity index (χ3v) is 5.71. The number of thioether (sulfide) groups is 1. The fourth-order valence-electron chi connectivity index (χ4n) is 2.95. The van der Waals surface area contributed by atoms with Crippen LogP contribution in [0.2, 0.25) is 0 Å². The SMILES string of the molecule is COc1ccc(CN(C(=O)CSc2nnc(C3CC3)n2N)C2CC2)cc1. The summed E-state index contributed by atoms with van der Waals surface area (Å²) < 4.78 is 6.73. The van der Waals surface area contributed by atoms with Gasteiger partial charge in [0, 0.05) is 18.5 Å². The number of hydrogen-bond acceptors (Lipinski definition) is 6. The second kappa shape index (κ2) is 7.19. The maximum atomic E-state index is 12.8. The number of nitrogens with zero attached hydrogens (tertiary/aromatic N) is 4. The van der Waals surface area contributed by atoms with Crippen molar-refractivity contribution in [1.82, 2.24) is 19.8 Å². The predicted octanol–water partition coefficient (Wildman–Crippen LogP) is 2.16. The van der Waals surface area contributed by atoms with Crippen LogP contribution in [0, 0.1) is 0 Å². The third kappa shape index (κ3) is 3.80. The number of carbonyl (C=O) groups excluding carboxylic acids is 1. The van der Waals surface area contributed by atoms with Gasteiger partial charge in [-0.1, -0.05) is 23.9 Å². The minimum absolute atomic E-state index is 0.115. The molecule has 7 nitrogen and oxygen atoms in total. The van der Waals surface area contributed by atoms with Gasteiger partial charge in [-0.05, 0) is 43.4 Å². The average Bonchev–Trinajstić information content (AvgIpc) is 3.57. The Kier molecular flexibility index (Phi) is 4.76. The number of amides is 1. The summed E-state index contributed by atoms with van der Waals surface area (Å²) in [6.07, 6.45) is 4.39. The largest absolute Gasteiger partial charge is 0.497 e. The lowest BCUT2D eigenvalue weighted by Gasteiger charge is -2.22. The molecule has 1 aromatic carbocycles. The van der Waals surface area contributed by atoms with E-state index in [2.05, 4.69) is 10.2 Å². The Hall–Kier alpha value is -2.22. The number of ether oxygens (including phenoxy) is 1. The van der Waals surface area contributed by atoms with Crippen molar-refractivity contribution in [1.29, 1.82) is 0 Å². The Morgan fingerprint density at radius 2 is 2.00 bits per heavy atom. The quantitative estimate of drug-likeness (QED) is 0.564. The van der Waals surface area contributed by atoms with E-state index >= 15 is 0 Å². The van der Waals surface area contributed by atoms with E-state index in [0.29, 0.717) is 29.4 Å². The standard InChI is InChI=1S/C18H23N5O2S/c1-25-15-8-2-12(3-9-15)10-22(14-6-7-14)16(24)11-26-18-21-20-17(23(18)19)13-4-5-13/h2-3,8-9,13-14H,4-7,10-11,19H2,1H3. The number of aromatic nitrogens is 3. The lowest BCUT2D eigenvalue weighted by molar-refractivity contribution is -0.129. The molecule has 0 atom stereocenters. The lowest BCUT2D eigenvalue weighted by Crippen LogP contribution is -2.34. The van der Waals surface area contributed by atoms with E-state index in [4.69, 9.17) is 10.6 Å². The van der Waals surface area contributed by atoms with E-state index in [9.17, 15) is 4.79 Å². The number of rotatable bonds is 8. The number of hydrogen-bond donors (Lipinski definition) is 1. The Balaban J connectivity index is 1.37. The number of benzene rings is 1. The van der Waals surface area contributed by atoms with Crippen LogP contribution in [0.5, 0.6) is 5.75 Å². The summed E-state index contributed by atoms with van der Waals surface area (Å²) >= 11 is 1.36. The molecule has 2 fully saturated rings.